The summed E-state index contributed by atoms with van der Waals surface area (Å²) in [6.45, 7) is 2.75. The molecule has 3 N–H and O–H groups in total. The molecule has 11 nitrogen and oxygen atoms in total. The molecule has 0 bridgehead atoms. The Balaban J connectivity index is 1.90. The van der Waals surface area contributed by atoms with E-state index >= 15 is 0 Å². The van der Waals surface area contributed by atoms with Crippen molar-refractivity contribution in [1.82, 2.24) is 5.16 Å². The average Bonchev–Trinajstić information content (AvgIpc) is 3.38. The van der Waals surface area contributed by atoms with Crippen molar-refractivity contribution in [2.45, 2.75) is 26.4 Å². The number of benzene rings is 3. The van der Waals surface area contributed by atoms with Gasteiger partial charge in [0, 0.05) is 37.7 Å². The second-order valence-electron chi connectivity index (χ2n) is 9.26. The Morgan fingerprint density at radius 2 is 1.74 bits per heavy atom. The van der Waals surface area contributed by atoms with Gasteiger partial charge in [0.1, 0.15) is 0 Å². The molecule has 43 heavy (non-hydrogen) atoms. The number of hydrogen-bond donors (Lipinski definition) is 3. The van der Waals surface area contributed by atoms with Gasteiger partial charge in [-0.3, -0.25) is 14.4 Å². The average molecular weight is 594 g/mol. The molecule has 0 radical (unpaired) electrons. The lowest BCUT2D eigenvalue weighted by Gasteiger charge is -2.21. The fraction of sp³-hybridized carbons (Fsp3) is 0.172. The van der Waals surface area contributed by atoms with Crippen molar-refractivity contribution in [2.24, 2.45) is 0 Å². The predicted molar refractivity (Wildman–Crippen MR) is 149 cm³/mol. The van der Waals surface area contributed by atoms with Gasteiger partial charge in [0.15, 0.2) is 11.3 Å². The van der Waals surface area contributed by atoms with Gasteiger partial charge in [0.05, 0.1) is 39.5 Å². The zero-order chi connectivity index (χ0) is 31.6. The van der Waals surface area contributed by atoms with E-state index in [1.165, 1.54) is 44.3 Å². The number of aromatic nitrogens is 1. The number of aromatic carboxylic acids is 1. The molecule has 14 heteroatoms. The van der Waals surface area contributed by atoms with Gasteiger partial charge in [-0.15, -0.1) is 0 Å². The van der Waals surface area contributed by atoms with Crippen LogP contribution in [0.1, 0.15) is 52.2 Å². The molecule has 4 aromatic rings. The number of nitrogens with one attached hydrogen (secondary N) is 2. The Morgan fingerprint density at radius 1 is 1.02 bits per heavy atom. The predicted octanol–water partition coefficient (Wildman–Crippen LogP) is 5.67. The first-order chi connectivity index (χ1) is 20.2. The Hall–Kier alpha value is -5.71. The summed E-state index contributed by atoms with van der Waals surface area (Å²) in [5, 5.41) is 27.2. The highest BCUT2D eigenvalue weighted by Gasteiger charge is 2.35. The molecule has 1 heterocycles. The highest BCUT2D eigenvalue weighted by molar-refractivity contribution is 6.14. The van der Waals surface area contributed by atoms with Crippen molar-refractivity contribution >= 4 is 51.7 Å². The first kappa shape index (κ1) is 30.3. The maximum atomic E-state index is 14.3. The van der Waals surface area contributed by atoms with Crippen LogP contribution < -0.4 is 15.5 Å². The van der Waals surface area contributed by atoms with Crippen molar-refractivity contribution in [1.29, 1.82) is 5.26 Å². The van der Waals surface area contributed by atoms with Crippen LogP contribution in [0.5, 0.6) is 0 Å². The Labute approximate surface area is 241 Å². The Kier molecular flexibility index (Phi) is 8.20. The molecule has 0 atom stereocenters. The van der Waals surface area contributed by atoms with Crippen LogP contribution in [0, 0.1) is 11.3 Å². The lowest BCUT2D eigenvalue weighted by molar-refractivity contribution is -0.137. The Bertz CT molecular complexity index is 1840. The number of carbonyl (C=O) groups excluding carboxylic acids is 3. The minimum Gasteiger partial charge on any atom is -0.478 e. The molecule has 4 rings (SSSR count). The summed E-state index contributed by atoms with van der Waals surface area (Å²) in [6, 6.07) is 11.0. The van der Waals surface area contributed by atoms with Gasteiger partial charge in [-0.05, 0) is 42.0 Å². The third-order valence-electron chi connectivity index (χ3n) is 6.51. The number of halogens is 3. The first-order valence-corrected chi connectivity index (χ1v) is 12.5. The first-order valence-electron chi connectivity index (χ1n) is 12.5. The highest BCUT2D eigenvalue weighted by Crippen LogP contribution is 2.43. The van der Waals surface area contributed by atoms with Crippen LogP contribution in [-0.2, 0) is 15.8 Å². The lowest BCUT2D eigenvalue weighted by atomic mass is 9.95. The summed E-state index contributed by atoms with van der Waals surface area (Å²) < 4.78 is 48.3. The van der Waals surface area contributed by atoms with Crippen molar-refractivity contribution in [3.63, 3.8) is 0 Å². The quantitative estimate of drug-likeness (QED) is 0.247. The van der Waals surface area contributed by atoms with Crippen LogP contribution in [0.25, 0.3) is 22.1 Å². The highest BCUT2D eigenvalue weighted by atomic mass is 19.4. The minimum absolute atomic E-state index is 0.00646. The van der Waals surface area contributed by atoms with Gasteiger partial charge in [-0.2, -0.15) is 18.4 Å². The maximum absolute atomic E-state index is 14.3. The molecular formula is C29H22F3N5O6. The molecule has 1 aromatic heterocycles. The molecule has 0 unspecified atom stereocenters. The van der Waals surface area contributed by atoms with Crippen molar-refractivity contribution in [3.8, 4) is 17.2 Å². The normalized spacial score (nSPS) is 11.1. The number of rotatable bonds is 7. The van der Waals surface area contributed by atoms with Crippen LogP contribution >= 0.6 is 0 Å². The van der Waals surface area contributed by atoms with Gasteiger partial charge in [-0.25, -0.2) is 4.79 Å². The number of anilines is 3. The fourth-order valence-electron chi connectivity index (χ4n) is 4.19. The number of carboxylic acids is 1. The van der Waals surface area contributed by atoms with Crippen molar-refractivity contribution in [2.75, 3.05) is 22.6 Å². The molecule has 0 saturated carbocycles. The SMILES string of the molecule is CCC(=O)Nc1cc2onc(C(=O)Nc3ccc(C#N)cc3C(=O)O)c2cc1-c1ccc(N(C)C(C)=O)cc1C(F)(F)F. The van der Waals surface area contributed by atoms with E-state index in [0.717, 1.165) is 23.1 Å². The van der Waals surface area contributed by atoms with E-state index in [-0.39, 0.29) is 62.4 Å². The van der Waals surface area contributed by atoms with Crippen molar-refractivity contribution < 1.29 is 42.0 Å². The molecule has 0 aliphatic carbocycles. The number of nitrogens with zero attached hydrogens (tertiary/aromatic N) is 3. The van der Waals surface area contributed by atoms with Gasteiger partial charge in [-0.1, -0.05) is 18.1 Å². The van der Waals surface area contributed by atoms with Crippen LogP contribution in [0.15, 0.2) is 53.1 Å². The molecule has 0 spiro atoms. The van der Waals surface area contributed by atoms with E-state index in [2.05, 4.69) is 15.8 Å². The summed E-state index contributed by atoms with van der Waals surface area (Å²) >= 11 is 0. The number of alkyl halides is 3. The number of hydrogen-bond acceptors (Lipinski definition) is 7. The molecule has 0 saturated heterocycles. The molecule has 3 amide bonds. The fourth-order valence-corrected chi connectivity index (χ4v) is 4.19. The summed E-state index contributed by atoms with van der Waals surface area (Å²) in [4.78, 5) is 50.0. The summed E-state index contributed by atoms with van der Waals surface area (Å²) in [5.74, 6) is -3.38. The van der Waals surface area contributed by atoms with Crippen LogP contribution in [0.4, 0.5) is 30.2 Å². The van der Waals surface area contributed by atoms with E-state index in [1.807, 2.05) is 0 Å². The zero-order valence-electron chi connectivity index (χ0n) is 22.8. The molecule has 0 aliphatic rings. The number of amides is 3. The molecule has 0 aliphatic heterocycles. The van der Waals surface area contributed by atoms with E-state index in [4.69, 9.17) is 9.78 Å². The largest absolute Gasteiger partial charge is 0.478 e. The minimum atomic E-state index is -4.89. The second kappa shape index (κ2) is 11.6. The Morgan fingerprint density at radius 3 is 2.35 bits per heavy atom. The molecule has 220 valence electrons. The monoisotopic (exact) mass is 593 g/mol. The van der Waals surface area contributed by atoms with Gasteiger partial charge in [0.2, 0.25) is 11.8 Å². The van der Waals surface area contributed by atoms with Crippen molar-refractivity contribution in [3.05, 3.63) is 70.9 Å². The van der Waals surface area contributed by atoms with Gasteiger partial charge < -0.3 is 25.2 Å². The number of carboxylic acid groups (broad SMARTS) is 1. The van der Waals surface area contributed by atoms with Gasteiger partial charge in [0.25, 0.3) is 5.91 Å². The number of fused-ring (bicyclic) bond motifs is 1. The third-order valence-corrected chi connectivity index (χ3v) is 6.51. The zero-order valence-corrected chi connectivity index (χ0v) is 22.8. The summed E-state index contributed by atoms with van der Waals surface area (Å²) in [6.07, 6.45) is -4.88. The molecular weight excluding hydrogens is 571 g/mol. The van der Waals surface area contributed by atoms with Gasteiger partial charge >= 0.3 is 12.1 Å². The van der Waals surface area contributed by atoms with E-state index in [1.54, 1.807) is 13.0 Å². The summed E-state index contributed by atoms with van der Waals surface area (Å²) in [5.41, 5.74) is -2.63. The standard InChI is InChI=1S/C29H22F3N5O6/c1-4-25(39)34-23-12-24-20(11-18(23)17-7-6-16(37(3)14(2)38)10-21(17)29(30,31)32)26(36-43-24)27(40)35-22-8-5-15(13-33)9-19(22)28(41)42/h5-12H,4H2,1-3H3,(H,34,39)(H,35,40)(H,41,42). The van der Waals surface area contributed by atoms with Crippen LogP contribution in [0.2, 0.25) is 0 Å². The van der Waals surface area contributed by atoms with E-state index in [9.17, 15) is 37.5 Å². The maximum Gasteiger partial charge on any atom is 0.417 e. The smallest absolute Gasteiger partial charge is 0.417 e. The second-order valence-corrected chi connectivity index (χ2v) is 9.26. The van der Waals surface area contributed by atoms with E-state index < -0.39 is 35.4 Å². The number of carbonyl (C=O) groups is 4. The molecule has 0 fully saturated rings. The van der Waals surface area contributed by atoms with Crippen LogP contribution in [-0.4, -0.2) is 41.0 Å². The number of nitriles is 1. The summed E-state index contributed by atoms with van der Waals surface area (Å²) in [7, 11) is 1.32. The topological polar surface area (TPSA) is 166 Å². The lowest BCUT2D eigenvalue weighted by Crippen LogP contribution is -2.23. The third kappa shape index (κ3) is 6.15. The molecule has 3 aromatic carbocycles. The van der Waals surface area contributed by atoms with Crippen LogP contribution in [0.3, 0.4) is 0 Å². The van der Waals surface area contributed by atoms with E-state index in [0.29, 0.717) is 0 Å².